The van der Waals surface area contributed by atoms with Crippen LogP contribution in [-0.4, -0.2) is 35.1 Å². The molecule has 5 nitrogen and oxygen atoms in total. The molecule has 0 aliphatic carbocycles. The average molecular weight is 338 g/mol. The van der Waals surface area contributed by atoms with Gasteiger partial charge >= 0.3 is 0 Å². The van der Waals surface area contributed by atoms with Gasteiger partial charge in [0, 0.05) is 25.4 Å². The van der Waals surface area contributed by atoms with Crippen molar-refractivity contribution < 1.29 is 9.53 Å². The van der Waals surface area contributed by atoms with Crippen LogP contribution in [0.25, 0.3) is 11.8 Å². The molecule has 0 N–H and O–H groups in total. The number of hydrogen-bond acceptors (Lipinski definition) is 3. The highest BCUT2D eigenvalue weighted by molar-refractivity contribution is 6.18. The zero-order valence-electron chi connectivity index (χ0n) is 14.4. The van der Waals surface area contributed by atoms with Crippen LogP contribution < -0.4 is 10.3 Å². The van der Waals surface area contributed by atoms with Gasteiger partial charge in [0.25, 0.3) is 11.5 Å². The first-order valence-corrected chi connectivity index (χ1v) is 8.61. The Balaban J connectivity index is 1.99. The molecule has 1 amide bonds. The minimum absolute atomic E-state index is 0.111. The fourth-order valence-electron chi connectivity index (χ4n) is 2.93. The minimum Gasteiger partial charge on any atom is -0.494 e. The van der Waals surface area contributed by atoms with Crippen LogP contribution >= 0.6 is 0 Å². The quantitative estimate of drug-likeness (QED) is 0.788. The van der Waals surface area contributed by atoms with Crippen molar-refractivity contribution in [3.05, 3.63) is 64.6 Å². The molecule has 1 aliphatic rings. The number of aromatic nitrogens is 1. The first-order chi connectivity index (χ1) is 12.2. The molecule has 2 heterocycles. The molecule has 3 rings (SSSR count). The van der Waals surface area contributed by atoms with Gasteiger partial charge in [0.05, 0.1) is 6.61 Å². The summed E-state index contributed by atoms with van der Waals surface area (Å²) < 4.78 is 6.86. The fourth-order valence-corrected chi connectivity index (χ4v) is 2.93. The number of carbonyl (C=O) groups excluding carboxylic acids is 1. The molecule has 0 atom stereocenters. The van der Waals surface area contributed by atoms with Crippen molar-refractivity contribution >= 4 is 17.7 Å². The number of nitrogens with zero attached hydrogens (tertiary/aromatic N) is 2. The third-order valence-electron chi connectivity index (χ3n) is 4.19. The van der Waals surface area contributed by atoms with Gasteiger partial charge in [-0.2, -0.15) is 0 Å². The maximum atomic E-state index is 12.9. The Morgan fingerprint density at radius 2 is 1.84 bits per heavy atom. The normalized spacial score (nSPS) is 14.6. The summed E-state index contributed by atoms with van der Waals surface area (Å²) in [5.41, 5.74) is 1.01. The first-order valence-electron chi connectivity index (χ1n) is 8.61. The van der Waals surface area contributed by atoms with Gasteiger partial charge in [0.15, 0.2) is 0 Å². The molecule has 1 aromatic heterocycles. The number of amides is 1. The van der Waals surface area contributed by atoms with Gasteiger partial charge in [0.1, 0.15) is 11.4 Å². The van der Waals surface area contributed by atoms with Crippen LogP contribution in [0.5, 0.6) is 5.75 Å². The first kappa shape index (κ1) is 17.0. The van der Waals surface area contributed by atoms with Crippen molar-refractivity contribution in [3.63, 3.8) is 0 Å². The van der Waals surface area contributed by atoms with E-state index >= 15 is 0 Å². The molecule has 0 unspecified atom stereocenters. The van der Waals surface area contributed by atoms with Crippen molar-refractivity contribution in [1.29, 1.82) is 0 Å². The lowest BCUT2D eigenvalue weighted by molar-refractivity contribution is -0.124. The van der Waals surface area contributed by atoms with Crippen molar-refractivity contribution in [1.82, 2.24) is 9.47 Å². The molecule has 0 saturated carbocycles. The van der Waals surface area contributed by atoms with E-state index < -0.39 is 0 Å². The van der Waals surface area contributed by atoms with Crippen LogP contribution in [0.2, 0.25) is 0 Å². The van der Waals surface area contributed by atoms with Gasteiger partial charge < -0.3 is 9.64 Å². The molecule has 2 aromatic rings. The Kier molecular flexibility index (Phi) is 5.33. The Labute approximate surface area is 147 Å². The van der Waals surface area contributed by atoms with Crippen LogP contribution in [0, 0.1) is 0 Å². The maximum absolute atomic E-state index is 12.9. The van der Waals surface area contributed by atoms with E-state index in [1.165, 1.54) is 10.6 Å². The summed E-state index contributed by atoms with van der Waals surface area (Å²) in [6.07, 6.45) is 5.41. The Bertz CT molecular complexity index is 815. The Hall–Kier alpha value is -2.82. The van der Waals surface area contributed by atoms with Gasteiger partial charge in [-0.15, -0.1) is 0 Å². The van der Waals surface area contributed by atoms with Gasteiger partial charge in [-0.1, -0.05) is 18.2 Å². The SMILES string of the molecule is CCOc1ccc(/C=C(/C(=O)N2CCCC2)n2ccccc2=O)cc1. The van der Waals surface area contributed by atoms with Crippen LogP contribution in [0.15, 0.2) is 53.5 Å². The zero-order valence-corrected chi connectivity index (χ0v) is 14.4. The molecule has 0 radical (unpaired) electrons. The van der Waals surface area contributed by atoms with Gasteiger partial charge in [0.2, 0.25) is 0 Å². The van der Waals surface area contributed by atoms with E-state index in [-0.39, 0.29) is 11.5 Å². The van der Waals surface area contributed by atoms with E-state index in [0.29, 0.717) is 12.3 Å². The smallest absolute Gasteiger partial charge is 0.270 e. The molecular weight excluding hydrogens is 316 g/mol. The molecule has 0 bridgehead atoms. The van der Waals surface area contributed by atoms with E-state index in [2.05, 4.69) is 0 Å². The lowest BCUT2D eigenvalue weighted by atomic mass is 10.1. The van der Waals surface area contributed by atoms with Crippen molar-refractivity contribution in [2.45, 2.75) is 19.8 Å². The minimum atomic E-state index is -0.216. The number of hydrogen-bond donors (Lipinski definition) is 0. The molecule has 1 fully saturated rings. The van der Waals surface area contributed by atoms with E-state index in [1.807, 2.05) is 31.2 Å². The lowest BCUT2D eigenvalue weighted by Gasteiger charge is -2.18. The standard InChI is InChI=1S/C20H22N2O3/c1-2-25-17-10-8-16(9-11-17)15-18(20(24)21-12-5-6-13-21)22-14-4-3-7-19(22)23/h3-4,7-11,14-15H,2,5-6,12-13H2,1H3/b18-15-. The summed E-state index contributed by atoms with van der Waals surface area (Å²) in [4.78, 5) is 27.0. The third-order valence-corrected chi connectivity index (χ3v) is 4.19. The Morgan fingerprint density at radius 3 is 2.48 bits per heavy atom. The maximum Gasteiger partial charge on any atom is 0.270 e. The van der Waals surface area contributed by atoms with Crippen molar-refractivity contribution in [3.8, 4) is 5.75 Å². The average Bonchev–Trinajstić information content (AvgIpc) is 3.16. The summed E-state index contributed by atoms with van der Waals surface area (Å²) in [6, 6.07) is 12.4. The fraction of sp³-hybridized carbons (Fsp3) is 0.300. The molecule has 1 aliphatic heterocycles. The second-order valence-electron chi connectivity index (χ2n) is 5.94. The predicted octanol–water partition coefficient (Wildman–Crippen LogP) is 2.87. The summed E-state index contributed by atoms with van der Waals surface area (Å²) in [5, 5.41) is 0. The number of likely N-dealkylation sites (tertiary alicyclic amines) is 1. The number of rotatable bonds is 5. The second-order valence-corrected chi connectivity index (χ2v) is 5.94. The lowest BCUT2D eigenvalue weighted by Crippen LogP contribution is -2.33. The van der Waals surface area contributed by atoms with Crippen LogP contribution in [-0.2, 0) is 4.79 Å². The highest BCUT2D eigenvalue weighted by Gasteiger charge is 2.23. The largest absolute Gasteiger partial charge is 0.494 e. The summed E-state index contributed by atoms with van der Waals surface area (Å²) in [5.74, 6) is 0.670. The number of ether oxygens (including phenoxy) is 1. The predicted molar refractivity (Wildman–Crippen MR) is 98.3 cm³/mol. The summed E-state index contributed by atoms with van der Waals surface area (Å²) in [6.45, 7) is 4.01. The number of carbonyl (C=O) groups is 1. The Morgan fingerprint density at radius 1 is 1.12 bits per heavy atom. The molecule has 25 heavy (non-hydrogen) atoms. The highest BCUT2D eigenvalue weighted by atomic mass is 16.5. The van der Waals surface area contributed by atoms with Gasteiger partial charge in [-0.25, -0.2) is 0 Å². The van der Waals surface area contributed by atoms with Crippen LogP contribution in [0.1, 0.15) is 25.3 Å². The van der Waals surface area contributed by atoms with Gasteiger partial charge in [-0.05, 0) is 49.6 Å². The molecule has 1 aromatic carbocycles. The van der Waals surface area contributed by atoms with Crippen molar-refractivity contribution in [2.24, 2.45) is 0 Å². The topological polar surface area (TPSA) is 51.5 Å². The highest BCUT2D eigenvalue weighted by Crippen LogP contribution is 2.19. The molecule has 1 saturated heterocycles. The van der Waals surface area contributed by atoms with E-state index in [0.717, 1.165) is 37.2 Å². The molecular formula is C20H22N2O3. The number of benzene rings is 1. The number of pyridine rings is 1. The third kappa shape index (κ3) is 3.99. The molecule has 130 valence electrons. The van der Waals surface area contributed by atoms with Crippen molar-refractivity contribution in [2.75, 3.05) is 19.7 Å². The second kappa shape index (κ2) is 7.83. The molecule has 5 heteroatoms. The monoisotopic (exact) mass is 338 g/mol. The molecule has 0 spiro atoms. The van der Waals surface area contributed by atoms with E-state index in [1.54, 1.807) is 29.3 Å². The zero-order chi connectivity index (χ0) is 17.6. The summed E-state index contributed by atoms with van der Waals surface area (Å²) >= 11 is 0. The van der Waals surface area contributed by atoms with E-state index in [9.17, 15) is 9.59 Å². The van der Waals surface area contributed by atoms with Gasteiger partial charge in [-0.3, -0.25) is 14.2 Å². The van der Waals surface area contributed by atoms with Crippen LogP contribution in [0.3, 0.4) is 0 Å². The van der Waals surface area contributed by atoms with E-state index in [4.69, 9.17) is 4.74 Å². The summed E-state index contributed by atoms with van der Waals surface area (Å²) in [7, 11) is 0. The van der Waals surface area contributed by atoms with Crippen LogP contribution in [0.4, 0.5) is 0 Å².